The predicted molar refractivity (Wildman–Crippen MR) is 81.2 cm³/mol. The van der Waals surface area contributed by atoms with Crippen LogP contribution in [0, 0.1) is 5.92 Å². The minimum absolute atomic E-state index is 0.634. The Morgan fingerprint density at radius 1 is 1.21 bits per heavy atom. The van der Waals surface area contributed by atoms with Gasteiger partial charge in [-0.05, 0) is 49.4 Å². The molecule has 0 amide bonds. The Labute approximate surface area is 118 Å². The number of nitrogens with one attached hydrogen (secondary N) is 1. The van der Waals surface area contributed by atoms with E-state index in [4.69, 9.17) is 0 Å². The molecule has 0 aromatic carbocycles. The van der Waals surface area contributed by atoms with Crippen molar-refractivity contribution in [3.05, 3.63) is 30.1 Å². The Hall–Kier alpha value is -0.890. The van der Waals surface area contributed by atoms with Gasteiger partial charge in [-0.2, -0.15) is 0 Å². The van der Waals surface area contributed by atoms with Gasteiger partial charge in [0.25, 0.3) is 0 Å². The average molecular weight is 260 g/mol. The maximum Gasteiger partial charge on any atom is 0.0270 e. The SMILES string of the molecule is CCNC(CCC1CCCCC1)Cc1ccncc1. The minimum Gasteiger partial charge on any atom is -0.314 e. The zero-order valence-corrected chi connectivity index (χ0v) is 12.3. The maximum atomic E-state index is 4.10. The van der Waals surface area contributed by atoms with Crippen molar-refractivity contribution in [1.29, 1.82) is 0 Å². The van der Waals surface area contributed by atoms with E-state index in [0.29, 0.717) is 6.04 Å². The zero-order chi connectivity index (χ0) is 13.3. The van der Waals surface area contributed by atoms with Crippen LogP contribution in [0.25, 0.3) is 0 Å². The van der Waals surface area contributed by atoms with Crippen molar-refractivity contribution in [2.75, 3.05) is 6.54 Å². The molecule has 19 heavy (non-hydrogen) atoms. The number of hydrogen-bond donors (Lipinski definition) is 1. The van der Waals surface area contributed by atoms with Crippen molar-refractivity contribution in [2.45, 2.75) is 64.3 Å². The van der Waals surface area contributed by atoms with E-state index >= 15 is 0 Å². The molecule has 2 heteroatoms. The summed E-state index contributed by atoms with van der Waals surface area (Å²) >= 11 is 0. The summed E-state index contributed by atoms with van der Waals surface area (Å²) in [5, 5.41) is 3.65. The average Bonchev–Trinajstić information content (AvgIpc) is 2.47. The highest BCUT2D eigenvalue weighted by Gasteiger charge is 2.16. The van der Waals surface area contributed by atoms with E-state index in [1.54, 1.807) is 0 Å². The molecule has 1 N–H and O–H groups in total. The summed E-state index contributed by atoms with van der Waals surface area (Å²) in [4.78, 5) is 4.10. The van der Waals surface area contributed by atoms with Gasteiger partial charge in [0.05, 0.1) is 0 Å². The first-order valence-electron chi connectivity index (χ1n) is 8.00. The lowest BCUT2D eigenvalue weighted by atomic mass is 9.84. The van der Waals surface area contributed by atoms with Crippen LogP contribution >= 0.6 is 0 Å². The Balaban J connectivity index is 1.78. The molecule has 1 aromatic rings. The lowest BCUT2D eigenvalue weighted by Crippen LogP contribution is -2.31. The molecule has 0 saturated heterocycles. The van der Waals surface area contributed by atoms with Crippen LogP contribution in [-0.2, 0) is 6.42 Å². The van der Waals surface area contributed by atoms with Crippen LogP contribution in [0.1, 0.15) is 57.4 Å². The third-order valence-electron chi connectivity index (χ3n) is 4.37. The second-order valence-corrected chi connectivity index (χ2v) is 5.90. The van der Waals surface area contributed by atoms with Crippen molar-refractivity contribution >= 4 is 0 Å². The second kappa shape index (κ2) is 8.31. The van der Waals surface area contributed by atoms with Crippen LogP contribution in [0.3, 0.4) is 0 Å². The van der Waals surface area contributed by atoms with Gasteiger partial charge >= 0.3 is 0 Å². The normalized spacial score (nSPS) is 18.4. The monoisotopic (exact) mass is 260 g/mol. The van der Waals surface area contributed by atoms with Gasteiger partial charge in [0, 0.05) is 18.4 Å². The molecule has 1 unspecified atom stereocenters. The third-order valence-corrected chi connectivity index (χ3v) is 4.37. The van der Waals surface area contributed by atoms with Gasteiger partial charge in [-0.15, -0.1) is 0 Å². The fourth-order valence-corrected chi connectivity index (χ4v) is 3.28. The van der Waals surface area contributed by atoms with E-state index in [-0.39, 0.29) is 0 Å². The van der Waals surface area contributed by atoms with Crippen molar-refractivity contribution in [1.82, 2.24) is 10.3 Å². The summed E-state index contributed by atoms with van der Waals surface area (Å²) in [5.74, 6) is 0.993. The van der Waals surface area contributed by atoms with E-state index in [9.17, 15) is 0 Å². The van der Waals surface area contributed by atoms with Crippen LogP contribution in [-0.4, -0.2) is 17.6 Å². The molecule has 1 aliphatic rings. The lowest BCUT2D eigenvalue weighted by Gasteiger charge is -2.24. The van der Waals surface area contributed by atoms with Crippen LogP contribution in [0.4, 0.5) is 0 Å². The molecule has 2 rings (SSSR count). The van der Waals surface area contributed by atoms with E-state index in [1.165, 1.54) is 50.5 Å². The van der Waals surface area contributed by atoms with Crippen LogP contribution in [0.2, 0.25) is 0 Å². The molecule has 1 heterocycles. The Bertz CT molecular complexity index is 330. The summed E-state index contributed by atoms with van der Waals surface area (Å²) < 4.78 is 0. The van der Waals surface area contributed by atoms with Crippen LogP contribution < -0.4 is 5.32 Å². The van der Waals surface area contributed by atoms with Crippen molar-refractivity contribution in [3.63, 3.8) is 0 Å². The van der Waals surface area contributed by atoms with Crippen molar-refractivity contribution < 1.29 is 0 Å². The number of aromatic nitrogens is 1. The first-order chi connectivity index (χ1) is 9.38. The van der Waals surface area contributed by atoms with Gasteiger partial charge < -0.3 is 5.32 Å². The Morgan fingerprint density at radius 3 is 2.63 bits per heavy atom. The molecule has 0 aliphatic heterocycles. The summed E-state index contributed by atoms with van der Waals surface area (Å²) in [6.07, 6.45) is 15.0. The minimum atomic E-state index is 0.634. The van der Waals surface area contributed by atoms with Gasteiger partial charge in [-0.3, -0.25) is 4.98 Å². The van der Waals surface area contributed by atoms with Gasteiger partial charge in [-0.25, -0.2) is 0 Å². The summed E-state index contributed by atoms with van der Waals surface area (Å²) in [5.41, 5.74) is 1.41. The molecule has 1 fully saturated rings. The van der Waals surface area contributed by atoms with Gasteiger partial charge in [0.15, 0.2) is 0 Å². The third kappa shape index (κ3) is 5.32. The largest absolute Gasteiger partial charge is 0.314 e. The number of nitrogens with zero attached hydrogens (tertiary/aromatic N) is 1. The zero-order valence-electron chi connectivity index (χ0n) is 12.3. The molecule has 1 aromatic heterocycles. The molecule has 0 radical (unpaired) electrons. The quantitative estimate of drug-likeness (QED) is 0.802. The second-order valence-electron chi connectivity index (χ2n) is 5.90. The van der Waals surface area contributed by atoms with Gasteiger partial charge in [0.2, 0.25) is 0 Å². The number of hydrogen-bond acceptors (Lipinski definition) is 2. The maximum absolute atomic E-state index is 4.10. The highest BCUT2D eigenvalue weighted by molar-refractivity contribution is 5.11. The number of rotatable bonds is 7. The standard InChI is InChI=1S/C17H28N2/c1-2-19-17(14-16-10-12-18-13-11-16)9-8-15-6-4-3-5-7-15/h10-13,15,17,19H,2-9,14H2,1H3. The predicted octanol–water partition coefficient (Wildman–Crippen LogP) is 3.96. The number of likely N-dealkylation sites (N-methyl/N-ethyl adjacent to an activating group) is 1. The smallest absolute Gasteiger partial charge is 0.0270 e. The summed E-state index contributed by atoms with van der Waals surface area (Å²) in [6.45, 7) is 3.28. The molecule has 1 saturated carbocycles. The number of pyridine rings is 1. The molecular formula is C17H28N2. The fourth-order valence-electron chi connectivity index (χ4n) is 3.28. The summed E-state index contributed by atoms with van der Waals surface area (Å²) in [6, 6.07) is 4.92. The van der Waals surface area contributed by atoms with Crippen molar-refractivity contribution in [2.24, 2.45) is 5.92 Å². The van der Waals surface area contributed by atoms with Crippen LogP contribution in [0.5, 0.6) is 0 Å². The highest BCUT2D eigenvalue weighted by Crippen LogP contribution is 2.28. The van der Waals surface area contributed by atoms with Gasteiger partial charge in [0.1, 0.15) is 0 Å². The van der Waals surface area contributed by atoms with E-state index in [0.717, 1.165) is 18.9 Å². The first-order valence-corrected chi connectivity index (χ1v) is 8.00. The van der Waals surface area contributed by atoms with Crippen molar-refractivity contribution in [3.8, 4) is 0 Å². The topological polar surface area (TPSA) is 24.9 Å². The Morgan fingerprint density at radius 2 is 1.95 bits per heavy atom. The van der Waals surface area contributed by atoms with Crippen LogP contribution in [0.15, 0.2) is 24.5 Å². The highest BCUT2D eigenvalue weighted by atomic mass is 14.9. The molecule has 0 bridgehead atoms. The molecule has 1 aliphatic carbocycles. The lowest BCUT2D eigenvalue weighted by molar-refractivity contribution is 0.313. The van der Waals surface area contributed by atoms with E-state index in [2.05, 4.69) is 29.4 Å². The van der Waals surface area contributed by atoms with Gasteiger partial charge in [-0.1, -0.05) is 39.0 Å². The summed E-state index contributed by atoms with van der Waals surface area (Å²) in [7, 11) is 0. The van der Waals surface area contributed by atoms with E-state index in [1.807, 2.05) is 12.4 Å². The van der Waals surface area contributed by atoms with E-state index < -0.39 is 0 Å². The fraction of sp³-hybridized carbons (Fsp3) is 0.706. The molecule has 0 spiro atoms. The first kappa shape index (κ1) is 14.5. The molecule has 1 atom stereocenters. The molecular weight excluding hydrogens is 232 g/mol. The molecule has 106 valence electrons. The molecule has 2 nitrogen and oxygen atoms in total. The Kier molecular flexibility index (Phi) is 6.35.